The van der Waals surface area contributed by atoms with Gasteiger partial charge in [-0.25, -0.2) is 4.98 Å². The summed E-state index contributed by atoms with van der Waals surface area (Å²) in [4.78, 5) is 17.6. The molecule has 0 aromatic carbocycles. The van der Waals surface area contributed by atoms with Gasteiger partial charge in [0, 0.05) is 38.9 Å². The highest BCUT2D eigenvalue weighted by atomic mass is 16.5. The summed E-state index contributed by atoms with van der Waals surface area (Å²) in [5.74, 6) is 1.17. The normalized spacial score (nSPS) is 20.3. The van der Waals surface area contributed by atoms with Crippen molar-refractivity contribution < 1.29 is 9.53 Å². The van der Waals surface area contributed by atoms with E-state index in [2.05, 4.69) is 15.4 Å². The molecule has 0 radical (unpaired) electrons. The van der Waals surface area contributed by atoms with Crippen molar-refractivity contribution >= 4 is 5.91 Å². The molecule has 4 rings (SSSR count). The van der Waals surface area contributed by atoms with Crippen LogP contribution in [-0.4, -0.2) is 38.5 Å². The second-order valence-corrected chi connectivity index (χ2v) is 7.40. The van der Waals surface area contributed by atoms with E-state index in [1.54, 1.807) is 12.4 Å². The summed E-state index contributed by atoms with van der Waals surface area (Å²) in [6.45, 7) is 1.48. The minimum Gasteiger partial charge on any atom is -0.381 e. The van der Waals surface area contributed by atoms with Gasteiger partial charge in [-0.05, 0) is 37.7 Å². The van der Waals surface area contributed by atoms with Crippen LogP contribution in [0.25, 0.3) is 0 Å². The van der Waals surface area contributed by atoms with Crippen molar-refractivity contribution in [2.24, 2.45) is 13.0 Å². The van der Waals surface area contributed by atoms with Gasteiger partial charge >= 0.3 is 0 Å². The third-order valence-corrected chi connectivity index (χ3v) is 5.73. The number of amides is 1. The molecule has 2 aromatic heterocycles. The molecule has 1 aliphatic heterocycles. The smallest absolute Gasteiger partial charge is 0.270 e. The van der Waals surface area contributed by atoms with Gasteiger partial charge in [-0.15, -0.1) is 0 Å². The molecule has 1 N–H and O–H groups in total. The highest BCUT2D eigenvalue weighted by molar-refractivity contribution is 5.92. The van der Waals surface area contributed by atoms with E-state index in [1.165, 1.54) is 12.8 Å². The maximum Gasteiger partial charge on any atom is 0.270 e. The van der Waals surface area contributed by atoms with Crippen molar-refractivity contribution in [1.29, 1.82) is 0 Å². The van der Waals surface area contributed by atoms with Crippen LogP contribution in [0.1, 0.15) is 66.9 Å². The van der Waals surface area contributed by atoms with E-state index < -0.39 is 0 Å². The standard InChI is InChI=1S/C19H27N5O2/c1-23-11-10-20-18(23)17(14-7-12-26-13-8-14)22-19(25)16-6-9-21-24(16)15-4-2-3-5-15/h6,9-11,14-15,17H,2-5,7-8,12-13H2,1H3,(H,22,25). The van der Waals surface area contributed by atoms with E-state index >= 15 is 0 Å². The molecule has 26 heavy (non-hydrogen) atoms. The monoisotopic (exact) mass is 357 g/mol. The molecule has 1 amide bonds. The van der Waals surface area contributed by atoms with Crippen LogP contribution < -0.4 is 5.32 Å². The predicted octanol–water partition coefficient (Wildman–Crippen LogP) is 2.63. The first kappa shape index (κ1) is 17.3. The van der Waals surface area contributed by atoms with Gasteiger partial charge < -0.3 is 14.6 Å². The van der Waals surface area contributed by atoms with Gasteiger partial charge in [0.2, 0.25) is 0 Å². The molecule has 3 heterocycles. The highest BCUT2D eigenvalue weighted by Crippen LogP contribution is 2.31. The lowest BCUT2D eigenvalue weighted by Gasteiger charge is -2.30. The van der Waals surface area contributed by atoms with Gasteiger partial charge in [-0.3, -0.25) is 9.48 Å². The molecule has 7 heteroatoms. The van der Waals surface area contributed by atoms with E-state index in [1.807, 2.05) is 28.6 Å². The van der Waals surface area contributed by atoms with Crippen LogP contribution >= 0.6 is 0 Å². The first-order valence-electron chi connectivity index (χ1n) is 9.63. The zero-order chi connectivity index (χ0) is 17.9. The van der Waals surface area contributed by atoms with E-state index in [4.69, 9.17) is 4.74 Å². The third-order valence-electron chi connectivity index (χ3n) is 5.73. The van der Waals surface area contributed by atoms with Gasteiger partial charge in [0.25, 0.3) is 5.91 Å². The Bertz CT molecular complexity index is 741. The summed E-state index contributed by atoms with van der Waals surface area (Å²) in [6, 6.07) is 2.06. The molecule has 0 bridgehead atoms. The molecule has 2 aromatic rings. The maximum absolute atomic E-state index is 13.1. The molecule has 7 nitrogen and oxygen atoms in total. The number of carbonyl (C=O) groups excluding carboxylic acids is 1. The summed E-state index contributed by atoms with van der Waals surface area (Å²) >= 11 is 0. The molecule has 1 saturated carbocycles. The number of imidazole rings is 1. The van der Waals surface area contributed by atoms with Gasteiger partial charge in [-0.2, -0.15) is 5.10 Å². The van der Waals surface area contributed by atoms with Crippen molar-refractivity contribution in [1.82, 2.24) is 24.6 Å². The molecule has 140 valence electrons. The van der Waals surface area contributed by atoms with Gasteiger partial charge in [0.1, 0.15) is 11.5 Å². The maximum atomic E-state index is 13.1. The summed E-state index contributed by atoms with van der Waals surface area (Å²) in [6.07, 6.45) is 11.9. The summed E-state index contributed by atoms with van der Waals surface area (Å²) in [5, 5.41) is 7.69. The number of ether oxygens (including phenoxy) is 1. The fraction of sp³-hybridized carbons (Fsp3) is 0.632. The Morgan fingerprint density at radius 1 is 1.23 bits per heavy atom. The van der Waals surface area contributed by atoms with Crippen LogP contribution in [0.3, 0.4) is 0 Å². The largest absolute Gasteiger partial charge is 0.381 e. The number of aryl methyl sites for hydroxylation is 1. The molecule has 1 saturated heterocycles. The zero-order valence-electron chi connectivity index (χ0n) is 15.3. The van der Waals surface area contributed by atoms with Crippen LogP contribution in [0.2, 0.25) is 0 Å². The predicted molar refractivity (Wildman–Crippen MR) is 96.7 cm³/mol. The molecule has 0 spiro atoms. The Kier molecular flexibility index (Phi) is 5.06. The molecular formula is C19H27N5O2. The molecule has 2 fully saturated rings. The van der Waals surface area contributed by atoms with Crippen molar-refractivity contribution in [2.45, 2.75) is 50.6 Å². The van der Waals surface area contributed by atoms with Gasteiger partial charge in [0.05, 0.1) is 12.1 Å². The second kappa shape index (κ2) is 7.61. The number of aromatic nitrogens is 4. The average Bonchev–Trinajstić information content (AvgIpc) is 3.41. The Morgan fingerprint density at radius 3 is 2.69 bits per heavy atom. The number of hydrogen-bond donors (Lipinski definition) is 1. The van der Waals surface area contributed by atoms with E-state index in [0.717, 1.165) is 44.7 Å². The van der Waals surface area contributed by atoms with Crippen molar-refractivity contribution in [3.8, 4) is 0 Å². The van der Waals surface area contributed by atoms with Crippen molar-refractivity contribution in [2.75, 3.05) is 13.2 Å². The molecule has 2 aliphatic rings. The lowest BCUT2D eigenvalue weighted by atomic mass is 9.91. The van der Waals surface area contributed by atoms with E-state index in [0.29, 0.717) is 17.7 Å². The van der Waals surface area contributed by atoms with Crippen molar-refractivity contribution in [3.63, 3.8) is 0 Å². The first-order chi connectivity index (χ1) is 12.7. The summed E-state index contributed by atoms with van der Waals surface area (Å²) < 4.78 is 9.42. The number of rotatable bonds is 5. The van der Waals surface area contributed by atoms with Crippen LogP contribution in [-0.2, 0) is 11.8 Å². The number of hydrogen-bond acceptors (Lipinski definition) is 4. The number of nitrogens with one attached hydrogen (secondary N) is 1. The molecule has 1 aliphatic carbocycles. The lowest BCUT2D eigenvalue weighted by Crippen LogP contribution is -2.38. The average molecular weight is 357 g/mol. The summed E-state index contributed by atoms with van der Waals surface area (Å²) in [7, 11) is 1.98. The summed E-state index contributed by atoms with van der Waals surface area (Å²) in [5.41, 5.74) is 0.656. The van der Waals surface area contributed by atoms with Gasteiger partial charge in [-0.1, -0.05) is 12.8 Å². The molecule has 1 unspecified atom stereocenters. The third kappa shape index (κ3) is 3.40. The van der Waals surface area contributed by atoms with Crippen LogP contribution in [0.15, 0.2) is 24.7 Å². The van der Waals surface area contributed by atoms with Crippen LogP contribution in [0.5, 0.6) is 0 Å². The Hall–Kier alpha value is -2.15. The quantitative estimate of drug-likeness (QED) is 0.893. The fourth-order valence-corrected chi connectivity index (χ4v) is 4.27. The molecular weight excluding hydrogens is 330 g/mol. The topological polar surface area (TPSA) is 74.0 Å². The Balaban J connectivity index is 1.56. The van der Waals surface area contributed by atoms with Gasteiger partial charge in [0.15, 0.2) is 0 Å². The fourth-order valence-electron chi connectivity index (χ4n) is 4.27. The Morgan fingerprint density at radius 2 is 2.00 bits per heavy atom. The first-order valence-corrected chi connectivity index (χ1v) is 9.63. The zero-order valence-corrected chi connectivity index (χ0v) is 15.3. The van der Waals surface area contributed by atoms with Crippen molar-refractivity contribution in [3.05, 3.63) is 36.2 Å². The highest BCUT2D eigenvalue weighted by Gasteiger charge is 2.31. The Labute approximate surface area is 153 Å². The minimum atomic E-state index is -0.113. The number of nitrogens with zero attached hydrogens (tertiary/aromatic N) is 4. The molecule has 1 atom stereocenters. The van der Waals surface area contributed by atoms with E-state index in [9.17, 15) is 4.79 Å². The lowest BCUT2D eigenvalue weighted by molar-refractivity contribution is 0.0497. The van der Waals surface area contributed by atoms with Crippen LogP contribution in [0, 0.1) is 5.92 Å². The number of carbonyl (C=O) groups is 1. The minimum absolute atomic E-state index is 0.0612. The van der Waals surface area contributed by atoms with Crippen LogP contribution in [0.4, 0.5) is 0 Å². The second-order valence-electron chi connectivity index (χ2n) is 7.40. The SMILES string of the molecule is Cn1ccnc1C(NC(=O)c1ccnn1C1CCCC1)C1CCOCC1. The van der Waals surface area contributed by atoms with E-state index in [-0.39, 0.29) is 11.9 Å².